The van der Waals surface area contributed by atoms with Crippen molar-refractivity contribution < 1.29 is 27.0 Å². The number of halogens is 4. The molecule has 0 spiro atoms. The van der Waals surface area contributed by atoms with E-state index in [2.05, 4.69) is 4.74 Å². The molecule has 2 aliphatic rings. The number of alkyl halides is 3. The fraction of sp³-hybridized carbons (Fsp3) is 0.625. The summed E-state index contributed by atoms with van der Waals surface area (Å²) in [5.74, 6) is -0.995. The molecule has 2 fully saturated rings. The lowest BCUT2D eigenvalue weighted by Crippen LogP contribution is -2.19. The van der Waals surface area contributed by atoms with E-state index in [4.69, 9.17) is 4.74 Å². The number of hydrogen-bond donors (Lipinski definition) is 0. The van der Waals surface area contributed by atoms with E-state index in [-0.39, 0.29) is 17.9 Å². The van der Waals surface area contributed by atoms with E-state index in [0.717, 1.165) is 32.1 Å². The summed E-state index contributed by atoms with van der Waals surface area (Å²) >= 11 is 0. The molecule has 1 aromatic rings. The molecule has 6 heteroatoms. The molecule has 2 saturated carbocycles. The van der Waals surface area contributed by atoms with Gasteiger partial charge in [0, 0.05) is 0 Å². The summed E-state index contributed by atoms with van der Waals surface area (Å²) in [5.41, 5.74) is 0.260. The van der Waals surface area contributed by atoms with E-state index in [0.29, 0.717) is 18.3 Å². The molecule has 0 amide bonds. The van der Waals surface area contributed by atoms with Crippen LogP contribution in [0.25, 0.3) is 0 Å². The Morgan fingerprint density at radius 2 is 1.73 bits per heavy atom. The van der Waals surface area contributed by atoms with Gasteiger partial charge in [0.1, 0.15) is 0 Å². The van der Waals surface area contributed by atoms with Crippen LogP contribution in [0, 0.1) is 17.7 Å². The van der Waals surface area contributed by atoms with Crippen molar-refractivity contribution in [2.24, 2.45) is 11.8 Å². The SMILES string of the molecule is Fc1c(CC2CC2)ccc(OCCC2CC2)c1OC(F)(F)F. The molecule has 1 aromatic carbocycles. The van der Waals surface area contributed by atoms with Crippen LogP contribution in [0.2, 0.25) is 0 Å². The van der Waals surface area contributed by atoms with Gasteiger partial charge in [0.25, 0.3) is 0 Å². The number of hydrogen-bond acceptors (Lipinski definition) is 2. The van der Waals surface area contributed by atoms with Crippen LogP contribution < -0.4 is 9.47 Å². The molecule has 22 heavy (non-hydrogen) atoms. The first-order valence-electron chi connectivity index (χ1n) is 7.62. The second-order valence-corrected chi connectivity index (χ2v) is 6.14. The maximum Gasteiger partial charge on any atom is 0.573 e. The van der Waals surface area contributed by atoms with Crippen molar-refractivity contribution in [1.82, 2.24) is 0 Å². The first-order valence-corrected chi connectivity index (χ1v) is 7.62. The molecular weight excluding hydrogens is 300 g/mol. The predicted octanol–water partition coefficient (Wildman–Crippen LogP) is 4.86. The lowest BCUT2D eigenvalue weighted by atomic mass is 10.1. The third kappa shape index (κ3) is 4.27. The average molecular weight is 318 g/mol. The second-order valence-electron chi connectivity index (χ2n) is 6.14. The van der Waals surface area contributed by atoms with E-state index in [9.17, 15) is 17.6 Å². The van der Waals surface area contributed by atoms with Crippen LogP contribution in [-0.4, -0.2) is 13.0 Å². The monoisotopic (exact) mass is 318 g/mol. The highest BCUT2D eigenvalue weighted by molar-refractivity contribution is 5.45. The van der Waals surface area contributed by atoms with Crippen LogP contribution >= 0.6 is 0 Å². The molecule has 0 aromatic heterocycles. The molecular formula is C16H18F4O2. The molecule has 2 aliphatic carbocycles. The summed E-state index contributed by atoms with van der Waals surface area (Å²) in [6.45, 7) is 0.278. The largest absolute Gasteiger partial charge is 0.573 e. The molecule has 0 atom stereocenters. The van der Waals surface area contributed by atoms with Gasteiger partial charge in [0.15, 0.2) is 11.6 Å². The van der Waals surface area contributed by atoms with E-state index < -0.39 is 17.9 Å². The van der Waals surface area contributed by atoms with Crippen molar-refractivity contribution in [3.8, 4) is 11.5 Å². The minimum atomic E-state index is -4.94. The Morgan fingerprint density at radius 1 is 1.05 bits per heavy atom. The van der Waals surface area contributed by atoms with Gasteiger partial charge in [-0.3, -0.25) is 0 Å². The van der Waals surface area contributed by atoms with E-state index in [1.165, 1.54) is 12.1 Å². The van der Waals surface area contributed by atoms with Crippen LogP contribution in [0.5, 0.6) is 11.5 Å². The highest BCUT2D eigenvalue weighted by atomic mass is 19.4. The minimum Gasteiger partial charge on any atom is -0.490 e. The van der Waals surface area contributed by atoms with Crippen LogP contribution in [0.4, 0.5) is 17.6 Å². The fourth-order valence-corrected chi connectivity index (χ4v) is 2.44. The number of benzene rings is 1. The molecule has 0 bridgehead atoms. The number of rotatable bonds is 7. The molecule has 122 valence electrons. The molecule has 0 heterocycles. The van der Waals surface area contributed by atoms with Gasteiger partial charge in [-0.05, 0) is 49.1 Å². The third-order valence-corrected chi connectivity index (χ3v) is 4.04. The molecule has 0 unspecified atom stereocenters. The molecule has 0 radical (unpaired) electrons. The zero-order valence-electron chi connectivity index (χ0n) is 12.1. The summed E-state index contributed by atoms with van der Waals surface area (Å²) in [6, 6.07) is 2.89. The quantitative estimate of drug-likeness (QED) is 0.669. The third-order valence-electron chi connectivity index (χ3n) is 4.04. The van der Waals surface area contributed by atoms with Crippen molar-refractivity contribution in [2.75, 3.05) is 6.61 Å². The van der Waals surface area contributed by atoms with E-state index in [1.807, 2.05) is 0 Å². The van der Waals surface area contributed by atoms with Gasteiger partial charge >= 0.3 is 6.36 Å². The van der Waals surface area contributed by atoms with Gasteiger partial charge in [-0.1, -0.05) is 18.9 Å². The Morgan fingerprint density at radius 3 is 2.32 bits per heavy atom. The lowest BCUT2D eigenvalue weighted by molar-refractivity contribution is -0.276. The summed E-state index contributed by atoms with van der Waals surface area (Å²) in [6.07, 6.45) is 0.532. The topological polar surface area (TPSA) is 18.5 Å². The highest BCUT2D eigenvalue weighted by Gasteiger charge is 2.35. The maximum atomic E-state index is 14.3. The van der Waals surface area contributed by atoms with Crippen LogP contribution in [-0.2, 0) is 6.42 Å². The van der Waals surface area contributed by atoms with Crippen molar-refractivity contribution >= 4 is 0 Å². The molecule has 0 N–H and O–H groups in total. The minimum absolute atomic E-state index is 0.171. The molecule has 2 nitrogen and oxygen atoms in total. The zero-order valence-corrected chi connectivity index (χ0v) is 12.1. The summed E-state index contributed by atoms with van der Waals surface area (Å²) in [4.78, 5) is 0. The van der Waals surface area contributed by atoms with Crippen molar-refractivity contribution in [3.63, 3.8) is 0 Å². The van der Waals surface area contributed by atoms with Gasteiger partial charge in [0.2, 0.25) is 5.75 Å². The van der Waals surface area contributed by atoms with E-state index in [1.54, 1.807) is 0 Å². The van der Waals surface area contributed by atoms with Gasteiger partial charge in [-0.15, -0.1) is 13.2 Å². The van der Waals surface area contributed by atoms with Crippen molar-refractivity contribution in [2.45, 2.75) is 44.9 Å². The summed E-state index contributed by atoms with van der Waals surface area (Å²) < 4.78 is 61.1. The average Bonchev–Trinajstić information content (AvgIpc) is 3.30. The van der Waals surface area contributed by atoms with Crippen molar-refractivity contribution in [3.05, 3.63) is 23.5 Å². The van der Waals surface area contributed by atoms with Gasteiger partial charge < -0.3 is 9.47 Å². The second kappa shape index (κ2) is 5.97. The normalized spacial score (nSPS) is 18.4. The van der Waals surface area contributed by atoms with Crippen LogP contribution in [0.15, 0.2) is 12.1 Å². The van der Waals surface area contributed by atoms with Crippen LogP contribution in [0.3, 0.4) is 0 Å². The molecule has 3 rings (SSSR count). The Balaban J connectivity index is 1.77. The standard InChI is InChI=1S/C16H18F4O2/c17-14-12(9-11-3-4-11)5-6-13(15(14)22-16(18,19)20)21-8-7-10-1-2-10/h5-6,10-11H,1-4,7-9H2. The summed E-state index contributed by atoms with van der Waals surface area (Å²) in [5, 5.41) is 0. The Hall–Kier alpha value is -1.46. The lowest BCUT2D eigenvalue weighted by Gasteiger charge is -2.16. The van der Waals surface area contributed by atoms with E-state index >= 15 is 0 Å². The molecule has 0 aliphatic heterocycles. The van der Waals surface area contributed by atoms with Crippen molar-refractivity contribution in [1.29, 1.82) is 0 Å². The van der Waals surface area contributed by atoms with Gasteiger partial charge in [-0.2, -0.15) is 0 Å². The Kier molecular flexibility index (Phi) is 4.19. The predicted molar refractivity (Wildman–Crippen MR) is 72.3 cm³/mol. The smallest absolute Gasteiger partial charge is 0.490 e. The Labute approximate surface area is 126 Å². The zero-order chi connectivity index (χ0) is 15.7. The number of ether oxygens (including phenoxy) is 2. The van der Waals surface area contributed by atoms with Gasteiger partial charge in [0.05, 0.1) is 6.61 Å². The summed E-state index contributed by atoms with van der Waals surface area (Å²) in [7, 11) is 0. The maximum absolute atomic E-state index is 14.3. The first-order chi connectivity index (χ1) is 10.4. The van der Waals surface area contributed by atoms with Gasteiger partial charge in [-0.25, -0.2) is 4.39 Å². The highest BCUT2D eigenvalue weighted by Crippen LogP contribution is 2.40. The van der Waals surface area contributed by atoms with Crippen LogP contribution in [0.1, 0.15) is 37.7 Å². The Bertz CT molecular complexity index is 534. The molecule has 0 saturated heterocycles. The fourth-order valence-electron chi connectivity index (χ4n) is 2.44. The first kappa shape index (κ1) is 15.4.